The maximum Gasteiger partial charge on any atom is 0.268 e. The average Bonchev–Trinajstić information content (AvgIpc) is 2.26. The second kappa shape index (κ2) is 4.89. The summed E-state index contributed by atoms with van der Waals surface area (Å²) < 4.78 is 29.8. The number of methoxy groups -OCH3 is 1. The molecule has 0 aliphatic carbocycles. The number of nitrogens with zero attached hydrogens (tertiary/aromatic N) is 2. The summed E-state index contributed by atoms with van der Waals surface area (Å²) >= 11 is 5.52. The summed E-state index contributed by atoms with van der Waals surface area (Å²) in [6, 6.07) is 1.76. The Hall–Kier alpha value is -1.41. The van der Waals surface area contributed by atoms with Crippen LogP contribution in [0.3, 0.4) is 0 Å². The molecule has 0 aliphatic heterocycles. The van der Waals surface area contributed by atoms with Crippen LogP contribution in [0.15, 0.2) is 6.20 Å². The third kappa shape index (κ3) is 2.16. The summed E-state index contributed by atoms with van der Waals surface area (Å²) in [5, 5.41) is 8.79. The normalized spacial score (nSPS) is 10.1. The van der Waals surface area contributed by atoms with E-state index in [1.54, 1.807) is 6.07 Å². The lowest BCUT2D eigenvalue weighted by molar-refractivity contribution is 0.146. The predicted molar refractivity (Wildman–Crippen MR) is 50.0 cm³/mol. The van der Waals surface area contributed by atoms with Crippen LogP contribution in [0, 0.1) is 11.3 Å². The Morgan fingerprint density at radius 3 is 2.73 bits per heavy atom. The van der Waals surface area contributed by atoms with Crippen LogP contribution >= 0.6 is 11.6 Å². The van der Waals surface area contributed by atoms with Gasteiger partial charge in [-0.15, -0.1) is 11.6 Å². The summed E-state index contributed by atoms with van der Waals surface area (Å²) in [4.78, 5) is 3.68. The molecule has 0 fully saturated rings. The van der Waals surface area contributed by atoms with Gasteiger partial charge in [0.2, 0.25) is 0 Å². The molecule has 1 rings (SSSR count). The van der Waals surface area contributed by atoms with Crippen LogP contribution in [0.25, 0.3) is 0 Å². The number of aromatic nitrogens is 1. The van der Waals surface area contributed by atoms with Gasteiger partial charge in [-0.05, 0) is 0 Å². The highest BCUT2D eigenvalue weighted by Crippen LogP contribution is 2.32. The van der Waals surface area contributed by atoms with E-state index in [-0.39, 0.29) is 22.9 Å². The van der Waals surface area contributed by atoms with Crippen LogP contribution in [0.1, 0.15) is 23.2 Å². The highest BCUT2D eigenvalue weighted by molar-refractivity contribution is 6.17. The zero-order valence-corrected chi connectivity index (χ0v) is 8.55. The first-order chi connectivity index (χ1) is 7.15. The van der Waals surface area contributed by atoms with Crippen LogP contribution < -0.4 is 4.74 Å². The molecule has 1 aromatic heterocycles. The van der Waals surface area contributed by atoms with Crippen LogP contribution in [-0.4, -0.2) is 12.1 Å². The number of rotatable bonds is 3. The standard InChI is InChI=1S/C9H7ClF2N2O/c1-15-8-5(3-13)7(2-10)14-4-6(8)9(11)12/h4,9H,2H2,1H3. The van der Waals surface area contributed by atoms with Crippen molar-refractivity contribution in [1.29, 1.82) is 5.26 Å². The van der Waals surface area contributed by atoms with E-state index in [9.17, 15) is 8.78 Å². The average molecular weight is 233 g/mol. The Morgan fingerprint density at radius 1 is 1.67 bits per heavy atom. The van der Waals surface area contributed by atoms with Gasteiger partial charge in [-0.3, -0.25) is 4.98 Å². The summed E-state index contributed by atoms with van der Waals surface area (Å²) in [5.74, 6) is -0.180. The molecule has 0 bridgehead atoms. The molecule has 0 aromatic carbocycles. The molecule has 0 saturated heterocycles. The first kappa shape index (κ1) is 11.7. The van der Waals surface area contributed by atoms with Crippen molar-refractivity contribution >= 4 is 11.6 Å². The number of ether oxygens (including phenoxy) is 1. The highest BCUT2D eigenvalue weighted by Gasteiger charge is 2.20. The fourth-order valence-electron chi connectivity index (χ4n) is 1.14. The molecule has 80 valence electrons. The molecule has 0 amide bonds. The number of hydrogen-bond donors (Lipinski definition) is 0. The minimum atomic E-state index is -2.73. The van der Waals surface area contributed by atoms with E-state index in [4.69, 9.17) is 21.6 Å². The third-order valence-electron chi connectivity index (χ3n) is 1.81. The molecule has 0 aliphatic rings. The van der Waals surface area contributed by atoms with Crippen LogP contribution in [0.5, 0.6) is 5.75 Å². The van der Waals surface area contributed by atoms with Gasteiger partial charge in [0.1, 0.15) is 17.4 Å². The molecule has 0 spiro atoms. The molecular weight excluding hydrogens is 226 g/mol. The predicted octanol–water partition coefficient (Wildman–Crippen LogP) is 2.64. The lowest BCUT2D eigenvalue weighted by atomic mass is 10.1. The summed E-state index contributed by atoms with van der Waals surface area (Å²) in [6.45, 7) is 0. The fourth-order valence-corrected chi connectivity index (χ4v) is 1.34. The summed E-state index contributed by atoms with van der Waals surface area (Å²) in [5.41, 5.74) is -0.200. The minimum Gasteiger partial charge on any atom is -0.495 e. The minimum absolute atomic E-state index is 0.0250. The monoisotopic (exact) mass is 232 g/mol. The molecule has 3 nitrogen and oxygen atoms in total. The van der Waals surface area contributed by atoms with E-state index in [0.29, 0.717) is 0 Å². The van der Waals surface area contributed by atoms with Gasteiger partial charge in [0.05, 0.1) is 24.2 Å². The van der Waals surface area contributed by atoms with Gasteiger partial charge in [-0.2, -0.15) is 5.26 Å². The molecule has 1 aromatic rings. The highest BCUT2D eigenvalue weighted by atomic mass is 35.5. The molecular formula is C9H7ClF2N2O. The quantitative estimate of drug-likeness (QED) is 0.753. The van der Waals surface area contributed by atoms with Crippen LogP contribution in [0.4, 0.5) is 8.78 Å². The van der Waals surface area contributed by atoms with Gasteiger partial charge in [0.15, 0.2) is 0 Å². The van der Waals surface area contributed by atoms with Crippen molar-refractivity contribution in [2.24, 2.45) is 0 Å². The Bertz CT molecular complexity index is 404. The summed E-state index contributed by atoms with van der Waals surface area (Å²) in [7, 11) is 1.22. The van der Waals surface area contributed by atoms with E-state index in [1.807, 2.05) is 0 Å². The molecule has 0 radical (unpaired) electrons. The second-order valence-corrected chi connectivity index (χ2v) is 2.88. The molecule has 0 N–H and O–H groups in total. The second-order valence-electron chi connectivity index (χ2n) is 2.61. The first-order valence-electron chi connectivity index (χ1n) is 3.95. The molecule has 0 unspecified atom stereocenters. The van der Waals surface area contributed by atoms with Crippen molar-refractivity contribution in [2.75, 3.05) is 7.11 Å². The zero-order chi connectivity index (χ0) is 11.4. The van der Waals surface area contributed by atoms with E-state index < -0.39 is 12.0 Å². The van der Waals surface area contributed by atoms with Gasteiger partial charge in [-0.25, -0.2) is 8.78 Å². The van der Waals surface area contributed by atoms with Crippen molar-refractivity contribution in [2.45, 2.75) is 12.3 Å². The molecule has 0 atom stereocenters. The number of halogens is 3. The Labute approximate surface area is 90.3 Å². The Balaban J connectivity index is 3.43. The van der Waals surface area contributed by atoms with E-state index in [0.717, 1.165) is 6.20 Å². The van der Waals surface area contributed by atoms with Crippen molar-refractivity contribution in [3.05, 3.63) is 23.0 Å². The third-order valence-corrected chi connectivity index (χ3v) is 2.07. The number of nitriles is 1. The van der Waals surface area contributed by atoms with Gasteiger partial charge >= 0.3 is 0 Å². The topological polar surface area (TPSA) is 45.9 Å². The number of hydrogen-bond acceptors (Lipinski definition) is 3. The van der Waals surface area contributed by atoms with Crippen molar-refractivity contribution in [1.82, 2.24) is 4.98 Å². The van der Waals surface area contributed by atoms with Gasteiger partial charge in [-0.1, -0.05) is 0 Å². The molecule has 0 saturated carbocycles. The van der Waals surface area contributed by atoms with Gasteiger partial charge in [0, 0.05) is 6.20 Å². The van der Waals surface area contributed by atoms with Crippen molar-refractivity contribution in [3.63, 3.8) is 0 Å². The smallest absolute Gasteiger partial charge is 0.268 e. The Morgan fingerprint density at radius 2 is 2.33 bits per heavy atom. The lowest BCUT2D eigenvalue weighted by Crippen LogP contribution is -2.01. The van der Waals surface area contributed by atoms with Crippen LogP contribution in [-0.2, 0) is 5.88 Å². The number of alkyl halides is 3. The lowest BCUT2D eigenvalue weighted by Gasteiger charge is -2.10. The largest absolute Gasteiger partial charge is 0.495 e. The maximum absolute atomic E-state index is 12.5. The summed E-state index contributed by atoms with van der Waals surface area (Å²) in [6.07, 6.45) is -1.76. The van der Waals surface area contributed by atoms with E-state index in [2.05, 4.69) is 4.98 Å². The van der Waals surface area contributed by atoms with Crippen molar-refractivity contribution < 1.29 is 13.5 Å². The van der Waals surface area contributed by atoms with Crippen LogP contribution in [0.2, 0.25) is 0 Å². The maximum atomic E-state index is 12.5. The van der Waals surface area contributed by atoms with E-state index in [1.165, 1.54) is 7.11 Å². The number of pyridine rings is 1. The first-order valence-corrected chi connectivity index (χ1v) is 4.49. The molecule has 15 heavy (non-hydrogen) atoms. The fraction of sp³-hybridized carbons (Fsp3) is 0.333. The molecule has 6 heteroatoms. The molecule has 1 heterocycles. The van der Waals surface area contributed by atoms with Gasteiger partial charge < -0.3 is 4.74 Å². The van der Waals surface area contributed by atoms with Gasteiger partial charge in [0.25, 0.3) is 6.43 Å². The SMILES string of the molecule is COc1c(C(F)F)cnc(CCl)c1C#N. The van der Waals surface area contributed by atoms with Crippen molar-refractivity contribution in [3.8, 4) is 11.8 Å². The Kier molecular flexibility index (Phi) is 3.81. The van der Waals surface area contributed by atoms with E-state index >= 15 is 0 Å². The zero-order valence-electron chi connectivity index (χ0n) is 7.80.